The van der Waals surface area contributed by atoms with Crippen LogP contribution < -0.4 is 5.32 Å². The summed E-state index contributed by atoms with van der Waals surface area (Å²) >= 11 is 0. The number of furan rings is 1. The van der Waals surface area contributed by atoms with Crippen molar-refractivity contribution >= 4 is 5.91 Å². The Hall–Kier alpha value is -2.34. The maximum atomic E-state index is 12.9. The quantitative estimate of drug-likeness (QED) is 0.810. The SMILES string of the molecule is Cc1cc(C(C)(O)CNC(=O)c2ccc(F)cc2O)c(C)o1. The van der Waals surface area contributed by atoms with E-state index in [-0.39, 0.29) is 12.1 Å². The first kappa shape index (κ1) is 16.0. The molecule has 0 fully saturated rings. The Bertz CT molecular complexity index is 706. The van der Waals surface area contributed by atoms with E-state index in [0.29, 0.717) is 17.1 Å². The van der Waals surface area contributed by atoms with Crippen molar-refractivity contribution in [3.8, 4) is 5.75 Å². The molecule has 1 heterocycles. The van der Waals surface area contributed by atoms with Crippen LogP contribution in [0.2, 0.25) is 0 Å². The van der Waals surface area contributed by atoms with E-state index >= 15 is 0 Å². The monoisotopic (exact) mass is 307 g/mol. The molecule has 6 heteroatoms. The van der Waals surface area contributed by atoms with Crippen molar-refractivity contribution in [2.45, 2.75) is 26.4 Å². The van der Waals surface area contributed by atoms with Crippen LogP contribution in [0.4, 0.5) is 4.39 Å². The fourth-order valence-electron chi connectivity index (χ4n) is 2.31. The molecule has 1 atom stereocenters. The maximum absolute atomic E-state index is 12.9. The van der Waals surface area contributed by atoms with Crippen molar-refractivity contribution in [2.24, 2.45) is 0 Å². The van der Waals surface area contributed by atoms with Gasteiger partial charge >= 0.3 is 0 Å². The molecular formula is C16H18FNO4. The van der Waals surface area contributed by atoms with Crippen LogP contribution >= 0.6 is 0 Å². The number of benzene rings is 1. The molecule has 0 bridgehead atoms. The van der Waals surface area contributed by atoms with Crippen molar-refractivity contribution in [2.75, 3.05) is 6.54 Å². The summed E-state index contributed by atoms with van der Waals surface area (Å²) in [6.07, 6.45) is 0. The number of hydrogen-bond acceptors (Lipinski definition) is 4. The molecule has 1 unspecified atom stereocenters. The first-order valence-corrected chi connectivity index (χ1v) is 6.77. The van der Waals surface area contributed by atoms with Gasteiger partial charge in [-0.2, -0.15) is 0 Å². The second-order valence-corrected chi connectivity index (χ2v) is 5.44. The fraction of sp³-hybridized carbons (Fsp3) is 0.312. The zero-order valence-electron chi connectivity index (χ0n) is 12.6. The van der Waals surface area contributed by atoms with Crippen LogP contribution in [-0.4, -0.2) is 22.7 Å². The molecule has 1 amide bonds. The number of nitrogens with one attached hydrogen (secondary N) is 1. The Morgan fingerprint density at radius 2 is 2.05 bits per heavy atom. The minimum absolute atomic E-state index is 0.0581. The summed E-state index contributed by atoms with van der Waals surface area (Å²) in [5.74, 6) is -0.453. The smallest absolute Gasteiger partial charge is 0.255 e. The number of phenolic OH excluding ortho intramolecular Hbond substituents is 1. The number of aromatic hydroxyl groups is 1. The molecule has 0 saturated carbocycles. The summed E-state index contributed by atoms with van der Waals surface area (Å²) in [6.45, 7) is 4.96. The average Bonchev–Trinajstić information content (AvgIpc) is 2.76. The number of halogens is 1. The van der Waals surface area contributed by atoms with E-state index in [1.54, 1.807) is 26.8 Å². The van der Waals surface area contributed by atoms with Crippen molar-refractivity contribution < 1.29 is 23.8 Å². The van der Waals surface area contributed by atoms with Crippen LogP contribution in [0.3, 0.4) is 0 Å². The lowest BCUT2D eigenvalue weighted by Gasteiger charge is -2.23. The summed E-state index contributed by atoms with van der Waals surface area (Å²) in [7, 11) is 0. The summed E-state index contributed by atoms with van der Waals surface area (Å²) in [5.41, 5.74) is -0.807. The van der Waals surface area contributed by atoms with Crippen LogP contribution in [-0.2, 0) is 5.60 Å². The highest BCUT2D eigenvalue weighted by Crippen LogP contribution is 2.26. The number of rotatable bonds is 4. The predicted molar refractivity (Wildman–Crippen MR) is 78.2 cm³/mol. The number of phenols is 1. The van der Waals surface area contributed by atoms with Crippen molar-refractivity contribution in [1.29, 1.82) is 0 Å². The molecule has 0 saturated heterocycles. The van der Waals surface area contributed by atoms with Gasteiger partial charge in [-0.15, -0.1) is 0 Å². The minimum atomic E-state index is -1.33. The van der Waals surface area contributed by atoms with Gasteiger partial charge in [0, 0.05) is 11.6 Å². The van der Waals surface area contributed by atoms with Crippen molar-refractivity contribution in [1.82, 2.24) is 5.32 Å². The molecule has 3 N–H and O–H groups in total. The number of hydrogen-bond donors (Lipinski definition) is 3. The van der Waals surface area contributed by atoms with Crippen LogP contribution in [0.1, 0.15) is 34.4 Å². The van der Waals surface area contributed by atoms with E-state index in [4.69, 9.17) is 4.42 Å². The summed E-state index contributed by atoms with van der Waals surface area (Å²) in [4.78, 5) is 12.0. The number of carbonyl (C=O) groups is 1. The normalized spacial score (nSPS) is 13.7. The Labute approximate surface area is 127 Å². The second-order valence-electron chi connectivity index (χ2n) is 5.44. The average molecular weight is 307 g/mol. The summed E-state index contributed by atoms with van der Waals surface area (Å²) in [6, 6.07) is 4.83. The molecule has 0 radical (unpaired) electrons. The third-order valence-corrected chi connectivity index (χ3v) is 3.42. The van der Waals surface area contributed by atoms with Gasteiger partial charge in [0.15, 0.2) is 0 Å². The highest BCUT2D eigenvalue weighted by Gasteiger charge is 2.28. The van der Waals surface area contributed by atoms with Gasteiger partial charge in [0.05, 0.1) is 12.1 Å². The third kappa shape index (κ3) is 3.28. The molecule has 1 aromatic carbocycles. The Morgan fingerprint density at radius 3 is 2.59 bits per heavy atom. The lowest BCUT2D eigenvalue weighted by Crippen LogP contribution is -2.38. The third-order valence-electron chi connectivity index (χ3n) is 3.42. The van der Waals surface area contributed by atoms with E-state index < -0.39 is 23.1 Å². The van der Waals surface area contributed by atoms with Crippen LogP contribution in [0.15, 0.2) is 28.7 Å². The zero-order chi connectivity index (χ0) is 16.5. The predicted octanol–water partition coefficient (Wildman–Crippen LogP) is 2.38. The van der Waals surface area contributed by atoms with Gasteiger partial charge in [0.1, 0.15) is 28.7 Å². The van der Waals surface area contributed by atoms with Gasteiger partial charge in [-0.1, -0.05) is 0 Å². The van der Waals surface area contributed by atoms with Gasteiger partial charge in [0.2, 0.25) is 0 Å². The van der Waals surface area contributed by atoms with E-state index in [1.807, 2.05) is 0 Å². The lowest BCUT2D eigenvalue weighted by atomic mass is 9.96. The van der Waals surface area contributed by atoms with Gasteiger partial charge in [-0.05, 0) is 39.0 Å². The topological polar surface area (TPSA) is 82.7 Å². The molecule has 0 aliphatic rings. The van der Waals surface area contributed by atoms with Gasteiger partial charge in [0.25, 0.3) is 5.91 Å². The molecule has 0 aliphatic carbocycles. The van der Waals surface area contributed by atoms with E-state index in [1.165, 1.54) is 6.07 Å². The molecule has 22 heavy (non-hydrogen) atoms. The van der Waals surface area contributed by atoms with Crippen molar-refractivity contribution in [3.63, 3.8) is 0 Å². The molecule has 0 aliphatic heterocycles. The standard InChI is InChI=1S/C16H18FNO4/c1-9-6-13(10(2)22-9)16(3,21)8-18-15(20)12-5-4-11(17)7-14(12)19/h4-7,19,21H,8H2,1-3H3,(H,18,20). The molecule has 5 nitrogen and oxygen atoms in total. The summed E-state index contributed by atoms with van der Waals surface area (Å²) < 4.78 is 18.3. The Kier molecular flexibility index (Phi) is 4.23. The minimum Gasteiger partial charge on any atom is -0.507 e. The Balaban J connectivity index is 2.11. The van der Waals surface area contributed by atoms with Crippen LogP contribution in [0, 0.1) is 19.7 Å². The molecule has 1 aromatic heterocycles. The number of aryl methyl sites for hydroxylation is 2. The van der Waals surface area contributed by atoms with Gasteiger partial charge in [-0.25, -0.2) is 4.39 Å². The van der Waals surface area contributed by atoms with E-state index in [0.717, 1.165) is 12.1 Å². The first-order valence-electron chi connectivity index (χ1n) is 6.77. The maximum Gasteiger partial charge on any atom is 0.255 e. The molecular weight excluding hydrogens is 289 g/mol. The lowest BCUT2D eigenvalue weighted by molar-refractivity contribution is 0.0513. The first-order chi connectivity index (χ1) is 10.2. The number of carbonyl (C=O) groups excluding carboxylic acids is 1. The van der Waals surface area contributed by atoms with Crippen LogP contribution in [0.25, 0.3) is 0 Å². The van der Waals surface area contributed by atoms with E-state index in [2.05, 4.69) is 5.32 Å². The van der Waals surface area contributed by atoms with Gasteiger partial charge < -0.3 is 19.9 Å². The highest BCUT2D eigenvalue weighted by atomic mass is 19.1. The molecule has 118 valence electrons. The summed E-state index contributed by atoms with van der Waals surface area (Å²) in [5, 5.41) is 22.6. The fourth-order valence-corrected chi connectivity index (χ4v) is 2.31. The highest BCUT2D eigenvalue weighted by molar-refractivity contribution is 5.96. The Morgan fingerprint density at radius 1 is 1.36 bits per heavy atom. The second kappa shape index (κ2) is 5.81. The molecule has 0 spiro atoms. The number of aliphatic hydroxyl groups is 1. The largest absolute Gasteiger partial charge is 0.507 e. The van der Waals surface area contributed by atoms with Crippen LogP contribution in [0.5, 0.6) is 5.75 Å². The van der Waals surface area contributed by atoms with Gasteiger partial charge in [-0.3, -0.25) is 4.79 Å². The number of amides is 1. The van der Waals surface area contributed by atoms with E-state index in [9.17, 15) is 19.4 Å². The van der Waals surface area contributed by atoms with Crippen molar-refractivity contribution in [3.05, 3.63) is 52.7 Å². The molecule has 2 aromatic rings. The zero-order valence-corrected chi connectivity index (χ0v) is 12.6. The molecule has 2 rings (SSSR count).